The molecule has 1 aliphatic carbocycles. The highest BCUT2D eigenvalue weighted by Crippen LogP contribution is 2.32. The van der Waals surface area contributed by atoms with Crippen molar-refractivity contribution < 1.29 is 4.79 Å². The van der Waals surface area contributed by atoms with Crippen molar-refractivity contribution in [2.75, 3.05) is 23.3 Å². The van der Waals surface area contributed by atoms with Crippen LogP contribution in [0.2, 0.25) is 0 Å². The predicted octanol–water partition coefficient (Wildman–Crippen LogP) is 5.05. The minimum atomic E-state index is -0.236. The minimum Gasteiger partial charge on any atom is -0.371 e. The average molecular weight is 558 g/mol. The van der Waals surface area contributed by atoms with E-state index in [1.54, 1.807) is 10.9 Å². The monoisotopic (exact) mass is 557 g/mol. The number of carbonyl (C=O) groups is 1. The van der Waals surface area contributed by atoms with Crippen molar-refractivity contribution in [3.8, 4) is 10.6 Å². The number of amides is 1. The van der Waals surface area contributed by atoms with Crippen molar-refractivity contribution in [2.24, 2.45) is 7.05 Å². The van der Waals surface area contributed by atoms with Crippen LogP contribution in [0.4, 0.5) is 11.5 Å². The normalized spacial score (nSPS) is 15.8. The molecule has 1 aliphatic heterocycles. The van der Waals surface area contributed by atoms with Crippen LogP contribution in [0.5, 0.6) is 0 Å². The second-order valence-corrected chi connectivity index (χ2v) is 11.2. The Balaban J connectivity index is 0.00000142. The SMILES string of the molecule is CC.Cc1cn2cc(NC(=O)c3ccc(N4CCC(NC5CC5)CC4)c4cn(C)nc34)nc2c(-c2ccns2)n1. The molecule has 0 bridgehead atoms. The van der Waals surface area contributed by atoms with E-state index in [-0.39, 0.29) is 5.91 Å². The summed E-state index contributed by atoms with van der Waals surface area (Å²) in [7, 11) is 1.90. The van der Waals surface area contributed by atoms with Gasteiger partial charge in [0.15, 0.2) is 11.5 Å². The number of imidazole rings is 1. The van der Waals surface area contributed by atoms with Gasteiger partial charge >= 0.3 is 0 Å². The first-order valence-corrected chi connectivity index (χ1v) is 14.9. The number of nitrogens with zero attached hydrogens (tertiary/aromatic N) is 7. The Morgan fingerprint density at radius 2 is 1.77 bits per heavy atom. The summed E-state index contributed by atoms with van der Waals surface area (Å²) in [6.45, 7) is 7.93. The molecular weight excluding hydrogens is 522 g/mol. The molecule has 10 nitrogen and oxygen atoms in total. The number of carbonyl (C=O) groups excluding carboxylic acids is 1. The zero-order valence-electron chi connectivity index (χ0n) is 23.4. The van der Waals surface area contributed by atoms with E-state index < -0.39 is 0 Å². The third-order valence-corrected chi connectivity index (χ3v) is 8.12. The summed E-state index contributed by atoms with van der Waals surface area (Å²) in [5.74, 6) is 0.228. The summed E-state index contributed by atoms with van der Waals surface area (Å²) in [5, 5.41) is 12.4. The second-order valence-electron chi connectivity index (χ2n) is 10.3. The lowest BCUT2D eigenvalue weighted by Crippen LogP contribution is -2.43. The van der Waals surface area contributed by atoms with Gasteiger partial charge in [0.05, 0.1) is 22.3 Å². The maximum Gasteiger partial charge on any atom is 0.259 e. The lowest BCUT2D eigenvalue weighted by atomic mass is 10.0. The number of nitrogens with one attached hydrogen (secondary N) is 2. The molecule has 11 heteroatoms. The van der Waals surface area contributed by atoms with Crippen LogP contribution in [0.1, 0.15) is 55.6 Å². The Morgan fingerprint density at radius 3 is 2.50 bits per heavy atom. The van der Waals surface area contributed by atoms with Gasteiger partial charge < -0.3 is 19.9 Å². The fraction of sp³-hybridized carbons (Fsp3) is 0.414. The van der Waals surface area contributed by atoms with Crippen molar-refractivity contribution in [3.63, 3.8) is 0 Å². The highest BCUT2D eigenvalue weighted by molar-refractivity contribution is 7.09. The molecule has 0 radical (unpaired) electrons. The first-order valence-electron chi connectivity index (χ1n) is 14.1. The van der Waals surface area contributed by atoms with Crippen molar-refractivity contribution in [3.05, 3.63) is 54.2 Å². The van der Waals surface area contributed by atoms with E-state index in [4.69, 9.17) is 4.98 Å². The quantitative estimate of drug-likeness (QED) is 0.301. The molecule has 7 rings (SSSR count). The molecule has 1 aromatic carbocycles. The number of anilines is 2. The lowest BCUT2D eigenvalue weighted by Gasteiger charge is -2.34. The van der Waals surface area contributed by atoms with Crippen molar-refractivity contribution in [1.82, 2.24) is 33.8 Å². The van der Waals surface area contributed by atoms with E-state index in [9.17, 15) is 4.79 Å². The van der Waals surface area contributed by atoms with Crippen LogP contribution in [0.25, 0.3) is 27.1 Å². The number of fused-ring (bicyclic) bond motifs is 2. The Bertz CT molecular complexity index is 1640. The second kappa shape index (κ2) is 11.0. The number of rotatable bonds is 6. The van der Waals surface area contributed by atoms with Gasteiger partial charge in [0, 0.05) is 61.9 Å². The van der Waals surface area contributed by atoms with Crippen molar-refractivity contribution in [1.29, 1.82) is 0 Å². The van der Waals surface area contributed by atoms with Gasteiger partial charge in [-0.25, -0.2) is 14.3 Å². The Kier molecular flexibility index (Phi) is 7.24. The molecule has 0 spiro atoms. The van der Waals surface area contributed by atoms with Crippen molar-refractivity contribution >= 4 is 45.5 Å². The first-order chi connectivity index (χ1) is 19.5. The summed E-state index contributed by atoms with van der Waals surface area (Å²) >= 11 is 1.37. The Hall–Kier alpha value is -3.83. The molecule has 40 heavy (non-hydrogen) atoms. The van der Waals surface area contributed by atoms with E-state index in [0.717, 1.165) is 59.3 Å². The molecule has 0 atom stereocenters. The van der Waals surface area contributed by atoms with Crippen LogP contribution in [0, 0.1) is 6.92 Å². The fourth-order valence-corrected chi connectivity index (χ4v) is 5.99. The molecule has 5 aromatic rings. The van der Waals surface area contributed by atoms with Gasteiger partial charge in [-0.15, -0.1) is 0 Å². The van der Waals surface area contributed by atoms with Crippen LogP contribution in [-0.2, 0) is 7.05 Å². The highest BCUT2D eigenvalue weighted by Gasteiger charge is 2.28. The number of hydrogen-bond donors (Lipinski definition) is 2. The van der Waals surface area contributed by atoms with Gasteiger partial charge in [0.1, 0.15) is 11.2 Å². The van der Waals surface area contributed by atoms with Gasteiger partial charge in [-0.3, -0.25) is 9.48 Å². The largest absolute Gasteiger partial charge is 0.371 e. The summed E-state index contributed by atoms with van der Waals surface area (Å²) < 4.78 is 7.88. The maximum atomic E-state index is 13.5. The molecule has 1 saturated heterocycles. The smallest absolute Gasteiger partial charge is 0.259 e. The molecule has 5 heterocycles. The molecule has 2 aliphatic rings. The Morgan fingerprint density at radius 1 is 1.00 bits per heavy atom. The number of aromatic nitrogens is 6. The van der Waals surface area contributed by atoms with E-state index in [1.807, 2.05) is 62.9 Å². The van der Waals surface area contributed by atoms with Crippen LogP contribution < -0.4 is 15.5 Å². The summed E-state index contributed by atoms with van der Waals surface area (Å²) in [5.41, 5.74) is 4.65. The van der Waals surface area contributed by atoms with Crippen LogP contribution in [0.15, 0.2) is 43.0 Å². The van der Waals surface area contributed by atoms with Gasteiger partial charge in [0.25, 0.3) is 5.91 Å². The van der Waals surface area contributed by atoms with Gasteiger partial charge in [0.2, 0.25) is 0 Å². The maximum absolute atomic E-state index is 13.5. The van der Waals surface area contributed by atoms with Gasteiger partial charge in [-0.2, -0.15) is 5.10 Å². The average Bonchev–Trinajstić information content (AvgIpc) is 3.30. The Labute approximate surface area is 237 Å². The van der Waals surface area contributed by atoms with E-state index >= 15 is 0 Å². The van der Waals surface area contributed by atoms with E-state index in [1.165, 1.54) is 24.4 Å². The first kappa shape index (κ1) is 26.4. The van der Waals surface area contributed by atoms with E-state index in [0.29, 0.717) is 28.6 Å². The third-order valence-electron chi connectivity index (χ3n) is 7.37. The molecule has 1 amide bonds. The van der Waals surface area contributed by atoms with Crippen molar-refractivity contribution in [2.45, 2.75) is 58.5 Å². The predicted molar refractivity (Wildman–Crippen MR) is 160 cm³/mol. The number of aryl methyl sites for hydroxylation is 2. The summed E-state index contributed by atoms with van der Waals surface area (Å²) in [6.07, 6.45) is 12.4. The highest BCUT2D eigenvalue weighted by atomic mass is 32.1. The summed E-state index contributed by atoms with van der Waals surface area (Å²) in [6, 6.07) is 7.21. The topological polar surface area (TPSA) is 105 Å². The number of benzene rings is 1. The molecule has 208 valence electrons. The molecule has 1 saturated carbocycles. The molecule has 0 unspecified atom stereocenters. The van der Waals surface area contributed by atoms with Crippen LogP contribution in [-0.4, -0.2) is 59.6 Å². The standard InChI is InChI=1S/C27H29N9OS.C2H6/c1-16-13-36-15-23(31-26(36)25(29-16)22-7-10-28-38-22)32-27(37)19-5-6-21(20-14-34(2)33-24(19)20)35-11-8-18(9-12-35)30-17-3-4-17;1-2/h5-7,10,13-15,17-18,30H,3-4,8-9,11-12H2,1-2H3,(H,32,37);1-2H3. The molecule has 2 N–H and O–H groups in total. The molecular formula is C29H35N9OS. The fourth-order valence-electron chi connectivity index (χ4n) is 5.41. The van der Waals surface area contributed by atoms with Crippen LogP contribution in [0.3, 0.4) is 0 Å². The van der Waals surface area contributed by atoms with Gasteiger partial charge in [-0.1, -0.05) is 13.8 Å². The third kappa shape index (κ3) is 5.18. The van der Waals surface area contributed by atoms with Crippen LogP contribution >= 0.6 is 11.5 Å². The van der Waals surface area contributed by atoms with Gasteiger partial charge in [-0.05, 0) is 62.3 Å². The zero-order chi connectivity index (χ0) is 27.8. The molecule has 4 aromatic heterocycles. The number of piperidine rings is 1. The molecule has 2 fully saturated rings. The minimum absolute atomic E-state index is 0.236. The number of hydrogen-bond acceptors (Lipinski definition) is 8. The lowest BCUT2D eigenvalue weighted by molar-refractivity contribution is 0.102. The zero-order valence-corrected chi connectivity index (χ0v) is 24.2. The summed E-state index contributed by atoms with van der Waals surface area (Å²) in [4.78, 5) is 26.2. The van der Waals surface area contributed by atoms with E-state index in [2.05, 4.69) is 36.1 Å².